The highest BCUT2D eigenvalue weighted by molar-refractivity contribution is 5.80. The number of benzene rings is 1. The van der Waals surface area contributed by atoms with Crippen LogP contribution in [-0.2, 0) is 15.1 Å². The van der Waals surface area contributed by atoms with Crippen LogP contribution in [0.25, 0.3) is 0 Å². The summed E-state index contributed by atoms with van der Waals surface area (Å²) in [6.07, 6.45) is 0. The number of nitrogens with zero attached hydrogens (tertiary/aromatic N) is 1. The number of aliphatic carboxylic acids is 1. The molecule has 18 heavy (non-hydrogen) atoms. The Labute approximate surface area is 105 Å². The molecule has 1 atom stereocenters. The van der Waals surface area contributed by atoms with Gasteiger partial charge in [-0.1, -0.05) is 12.1 Å². The van der Waals surface area contributed by atoms with Crippen LogP contribution in [0.3, 0.4) is 0 Å². The zero-order valence-electron chi connectivity index (χ0n) is 10.2. The number of ether oxygens (including phenoxy) is 1. The Bertz CT molecular complexity index is 428. The van der Waals surface area contributed by atoms with Crippen molar-refractivity contribution in [2.75, 3.05) is 26.3 Å². The summed E-state index contributed by atoms with van der Waals surface area (Å²) in [5.74, 6) is -1.30. The molecular formula is C13H16FNO3. The van der Waals surface area contributed by atoms with E-state index in [9.17, 15) is 14.3 Å². The molecule has 0 aliphatic carbocycles. The third-order valence-corrected chi connectivity index (χ3v) is 3.47. The van der Waals surface area contributed by atoms with Gasteiger partial charge >= 0.3 is 5.97 Å². The molecule has 0 amide bonds. The first kappa shape index (κ1) is 13.0. The molecule has 1 aliphatic heterocycles. The van der Waals surface area contributed by atoms with Crippen LogP contribution in [-0.4, -0.2) is 42.3 Å². The fourth-order valence-electron chi connectivity index (χ4n) is 2.23. The second-order valence-electron chi connectivity index (χ2n) is 4.48. The molecule has 1 unspecified atom stereocenters. The first-order chi connectivity index (χ1) is 8.55. The van der Waals surface area contributed by atoms with Gasteiger partial charge in [-0.2, -0.15) is 0 Å². The lowest BCUT2D eigenvalue weighted by Crippen LogP contribution is -2.54. The SMILES string of the molecule is CC(C(=O)O)(c1ccc(F)cc1)N1CCOCC1. The number of carbonyl (C=O) groups is 1. The van der Waals surface area contributed by atoms with Crippen molar-refractivity contribution in [1.29, 1.82) is 0 Å². The van der Waals surface area contributed by atoms with Gasteiger partial charge in [0.25, 0.3) is 0 Å². The molecule has 5 heteroatoms. The molecule has 1 aliphatic rings. The van der Waals surface area contributed by atoms with Crippen molar-refractivity contribution < 1.29 is 19.0 Å². The fraction of sp³-hybridized carbons (Fsp3) is 0.462. The van der Waals surface area contributed by atoms with Crippen LogP contribution in [0.4, 0.5) is 4.39 Å². The van der Waals surface area contributed by atoms with Gasteiger partial charge in [0.1, 0.15) is 11.4 Å². The first-order valence-electron chi connectivity index (χ1n) is 5.87. The van der Waals surface area contributed by atoms with Gasteiger partial charge < -0.3 is 9.84 Å². The van der Waals surface area contributed by atoms with Gasteiger partial charge in [0.05, 0.1) is 13.2 Å². The topological polar surface area (TPSA) is 49.8 Å². The van der Waals surface area contributed by atoms with E-state index >= 15 is 0 Å². The largest absolute Gasteiger partial charge is 0.480 e. The molecular weight excluding hydrogens is 237 g/mol. The van der Waals surface area contributed by atoms with E-state index in [0.717, 1.165) is 0 Å². The highest BCUT2D eigenvalue weighted by Gasteiger charge is 2.41. The second-order valence-corrected chi connectivity index (χ2v) is 4.48. The Morgan fingerprint density at radius 3 is 2.39 bits per heavy atom. The van der Waals surface area contributed by atoms with Gasteiger partial charge in [0.2, 0.25) is 0 Å². The molecule has 0 bridgehead atoms. The maximum atomic E-state index is 12.9. The smallest absolute Gasteiger partial charge is 0.328 e. The standard InChI is InChI=1S/C13H16FNO3/c1-13(12(16)17,15-6-8-18-9-7-15)10-2-4-11(14)5-3-10/h2-5H,6-9H2,1H3,(H,16,17). The Hall–Kier alpha value is -1.46. The van der Waals surface area contributed by atoms with Crippen LogP contribution in [0.1, 0.15) is 12.5 Å². The molecule has 1 heterocycles. The predicted molar refractivity (Wildman–Crippen MR) is 63.8 cm³/mol. The van der Waals surface area contributed by atoms with Gasteiger partial charge in [-0.25, -0.2) is 9.18 Å². The van der Waals surface area contributed by atoms with Crippen LogP contribution in [0.5, 0.6) is 0 Å². The normalized spacial score (nSPS) is 20.3. The van der Waals surface area contributed by atoms with Gasteiger partial charge in [-0.05, 0) is 24.6 Å². The van der Waals surface area contributed by atoms with Gasteiger partial charge in [-0.15, -0.1) is 0 Å². The molecule has 0 spiro atoms. The predicted octanol–water partition coefficient (Wildman–Crippen LogP) is 1.46. The summed E-state index contributed by atoms with van der Waals surface area (Å²) in [7, 11) is 0. The monoisotopic (exact) mass is 253 g/mol. The number of morpholine rings is 1. The van der Waals surface area contributed by atoms with Gasteiger partial charge in [-0.3, -0.25) is 4.90 Å². The Morgan fingerprint density at radius 1 is 1.33 bits per heavy atom. The van der Waals surface area contributed by atoms with Crippen LogP contribution >= 0.6 is 0 Å². The van der Waals surface area contributed by atoms with Crippen molar-refractivity contribution in [1.82, 2.24) is 4.90 Å². The van der Waals surface area contributed by atoms with Crippen LogP contribution in [0.2, 0.25) is 0 Å². The van der Waals surface area contributed by atoms with Crippen molar-refractivity contribution in [3.63, 3.8) is 0 Å². The summed E-state index contributed by atoms with van der Waals surface area (Å²) in [4.78, 5) is 13.5. The molecule has 98 valence electrons. The van der Waals surface area contributed by atoms with Crippen LogP contribution in [0, 0.1) is 5.82 Å². The van der Waals surface area contributed by atoms with E-state index in [1.807, 2.05) is 4.90 Å². The summed E-state index contributed by atoms with van der Waals surface area (Å²) in [6.45, 7) is 3.79. The molecule has 0 radical (unpaired) electrons. The van der Waals surface area contributed by atoms with Crippen molar-refractivity contribution in [2.24, 2.45) is 0 Å². The van der Waals surface area contributed by atoms with E-state index in [0.29, 0.717) is 31.9 Å². The number of rotatable bonds is 3. The maximum Gasteiger partial charge on any atom is 0.328 e. The second kappa shape index (κ2) is 5.04. The molecule has 1 aromatic rings. The van der Waals surface area contributed by atoms with Gasteiger partial charge in [0.15, 0.2) is 0 Å². The summed E-state index contributed by atoms with van der Waals surface area (Å²) < 4.78 is 18.2. The molecule has 1 N–H and O–H groups in total. The minimum absolute atomic E-state index is 0.367. The molecule has 0 aromatic heterocycles. The molecule has 1 saturated heterocycles. The van der Waals surface area contributed by atoms with E-state index in [-0.39, 0.29) is 5.82 Å². The Balaban J connectivity index is 2.36. The maximum absolute atomic E-state index is 12.9. The van der Waals surface area contributed by atoms with Crippen molar-refractivity contribution in [2.45, 2.75) is 12.5 Å². The molecule has 1 aromatic carbocycles. The number of hydrogen-bond acceptors (Lipinski definition) is 3. The third kappa shape index (κ3) is 2.23. The minimum atomic E-state index is -1.14. The lowest BCUT2D eigenvalue weighted by atomic mass is 9.89. The molecule has 4 nitrogen and oxygen atoms in total. The fourth-order valence-corrected chi connectivity index (χ4v) is 2.23. The number of carboxylic acid groups (broad SMARTS) is 1. The summed E-state index contributed by atoms with van der Waals surface area (Å²) in [5.41, 5.74) is -0.560. The number of halogens is 1. The highest BCUT2D eigenvalue weighted by Crippen LogP contribution is 2.29. The Kier molecular flexibility index (Phi) is 3.63. The highest BCUT2D eigenvalue weighted by atomic mass is 19.1. The van der Waals surface area contributed by atoms with Crippen LogP contribution in [0.15, 0.2) is 24.3 Å². The lowest BCUT2D eigenvalue weighted by Gasteiger charge is -2.40. The molecule has 2 rings (SSSR count). The lowest BCUT2D eigenvalue weighted by molar-refractivity contribution is -0.154. The zero-order valence-corrected chi connectivity index (χ0v) is 10.2. The molecule has 0 saturated carbocycles. The van der Waals surface area contributed by atoms with E-state index in [2.05, 4.69) is 0 Å². The molecule has 1 fully saturated rings. The first-order valence-corrected chi connectivity index (χ1v) is 5.87. The van der Waals surface area contributed by atoms with Gasteiger partial charge in [0, 0.05) is 13.1 Å². The van der Waals surface area contributed by atoms with E-state index in [1.54, 1.807) is 6.92 Å². The zero-order chi connectivity index (χ0) is 13.2. The number of hydrogen-bond donors (Lipinski definition) is 1. The van der Waals surface area contributed by atoms with Crippen molar-refractivity contribution in [3.8, 4) is 0 Å². The average molecular weight is 253 g/mol. The van der Waals surface area contributed by atoms with E-state index in [1.165, 1.54) is 24.3 Å². The average Bonchev–Trinajstić information content (AvgIpc) is 2.39. The number of carboxylic acids is 1. The van der Waals surface area contributed by atoms with E-state index < -0.39 is 11.5 Å². The van der Waals surface area contributed by atoms with Crippen molar-refractivity contribution >= 4 is 5.97 Å². The van der Waals surface area contributed by atoms with Crippen molar-refractivity contribution in [3.05, 3.63) is 35.6 Å². The summed E-state index contributed by atoms with van der Waals surface area (Å²) in [6, 6.07) is 5.63. The third-order valence-electron chi connectivity index (χ3n) is 3.47. The summed E-state index contributed by atoms with van der Waals surface area (Å²) in [5, 5.41) is 9.53. The van der Waals surface area contributed by atoms with E-state index in [4.69, 9.17) is 4.74 Å². The van der Waals surface area contributed by atoms with Crippen LogP contribution < -0.4 is 0 Å². The quantitative estimate of drug-likeness (QED) is 0.886. The minimum Gasteiger partial charge on any atom is -0.480 e. The summed E-state index contributed by atoms with van der Waals surface area (Å²) >= 11 is 0. The Morgan fingerprint density at radius 2 is 1.89 bits per heavy atom.